The Balaban J connectivity index is 1.41. The number of hydrogen-bond donors (Lipinski definition) is 2. The normalized spacial score (nSPS) is 12.1. The molecule has 4 aromatic rings. The van der Waals surface area contributed by atoms with Crippen molar-refractivity contribution < 1.29 is 9.59 Å². The number of anilines is 2. The maximum Gasteiger partial charge on any atom is 0.252 e. The fourth-order valence-corrected chi connectivity index (χ4v) is 3.94. The van der Waals surface area contributed by atoms with E-state index in [0.29, 0.717) is 28.0 Å². The van der Waals surface area contributed by atoms with E-state index in [4.69, 9.17) is 11.6 Å². The number of amides is 2. The van der Waals surface area contributed by atoms with Crippen LogP contribution in [-0.2, 0) is 16.0 Å². The van der Waals surface area contributed by atoms with Crippen LogP contribution in [0, 0.1) is 27.7 Å². The molecule has 0 bridgehead atoms. The summed E-state index contributed by atoms with van der Waals surface area (Å²) >= 11 is 6.36. The summed E-state index contributed by atoms with van der Waals surface area (Å²) in [6, 6.07) is 8.18. The first-order valence-electron chi connectivity index (χ1n) is 10.7. The van der Waals surface area contributed by atoms with Crippen LogP contribution in [0.4, 0.5) is 11.4 Å². The molecule has 34 heavy (non-hydrogen) atoms. The summed E-state index contributed by atoms with van der Waals surface area (Å²) in [4.78, 5) is 33.9. The number of fused-ring (bicyclic) bond motifs is 1. The minimum Gasteiger partial charge on any atom is -0.326 e. The van der Waals surface area contributed by atoms with Crippen LogP contribution in [0.15, 0.2) is 30.3 Å². The Hall–Kier alpha value is -3.79. The molecule has 2 N–H and O–H groups in total. The highest BCUT2D eigenvalue weighted by Gasteiger charge is 2.19. The zero-order valence-electron chi connectivity index (χ0n) is 19.5. The Morgan fingerprint density at radius 1 is 0.971 bits per heavy atom. The molecule has 0 aliphatic carbocycles. The molecule has 176 valence electrons. The molecule has 0 fully saturated rings. The smallest absolute Gasteiger partial charge is 0.252 e. The summed E-state index contributed by atoms with van der Waals surface area (Å²) in [5.41, 5.74) is 4.39. The van der Waals surface area contributed by atoms with Gasteiger partial charge in [-0.05, 0) is 65.0 Å². The van der Waals surface area contributed by atoms with Crippen LogP contribution in [0.2, 0.25) is 5.02 Å². The van der Waals surface area contributed by atoms with Gasteiger partial charge in [0.15, 0.2) is 5.82 Å². The van der Waals surface area contributed by atoms with E-state index >= 15 is 0 Å². The molecule has 4 rings (SSSR count). The molecule has 0 saturated carbocycles. The number of aromatic nitrogens is 6. The van der Waals surface area contributed by atoms with Gasteiger partial charge >= 0.3 is 0 Å². The van der Waals surface area contributed by atoms with Gasteiger partial charge in [0.2, 0.25) is 11.8 Å². The predicted molar refractivity (Wildman–Crippen MR) is 129 cm³/mol. The van der Waals surface area contributed by atoms with Gasteiger partial charge in [-0.3, -0.25) is 14.3 Å². The van der Waals surface area contributed by atoms with Crippen molar-refractivity contribution in [2.75, 3.05) is 10.6 Å². The first-order chi connectivity index (χ1) is 16.1. The van der Waals surface area contributed by atoms with E-state index in [-0.39, 0.29) is 18.2 Å². The minimum atomic E-state index is -0.510. The summed E-state index contributed by atoms with van der Waals surface area (Å²) < 4.78 is 3.27. The third-order valence-corrected chi connectivity index (χ3v) is 5.60. The number of aryl methyl sites for hydroxylation is 4. The largest absolute Gasteiger partial charge is 0.326 e. The Morgan fingerprint density at radius 2 is 1.71 bits per heavy atom. The van der Waals surface area contributed by atoms with Gasteiger partial charge in [-0.2, -0.15) is 10.1 Å². The zero-order valence-corrected chi connectivity index (χ0v) is 20.3. The number of carbonyl (C=O) groups is 2. The summed E-state index contributed by atoms with van der Waals surface area (Å²) in [5, 5.41) is 14.6. The van der Waals surface area contributed by atoms with Crippen LogP contribution < -0.4 is 10.6 Å². The summed E-state index contributed by atoms with van der Waals surface area (Å²) in [7, 11) is 0. The lowest BCUT2D eigenvalue weighted by molar-refractivity contribution is -0.119. The van der Waals surface area contributed by atoms with E-state index in [2.05, 4.69) is 30.8 Å². The molecule has 3 aromatic heterocycles. The first kappa shape index (κ1) is 23.4. The fourth-order valence-electron chi connectivity index (χ4n) is 3.71. The Morgan fingerprint density at radius 3 is 2.38 bits per heavy atom. The molecule has 0 spiro atoms. The SMILES string of the molecule is Cc1cc(C)n2nc(CC(=O)Nc3ccc(NC(=O)C(C)n4nc(C)cc4C)c(Cl)c3)nc2n1. The standard InChI is InChI=1S/C23H25ClN8O2/c1-12-8-15(4)32-23(25-12)28-20(30-32)11-21(33)26-17-6-7-19(18(24)10-17)27-22(34)16(5)31-14(3)9-13(2)29-31/h6-10,16H,11H2,1-5H3,(H,26,33)(H,27,34). The van der Waals surface area contributed by atoms with Crippen molar-refractivity contribution in [2.45, 2.75) is 47.1 Å². The van der Waals surface area contributed by atoms with Crippen molar-refractivity contribution in [1.29, 1.82) is 0 Å². The van der Waals surface area contributed by atoms with Gasteiger partial charge in [0, 0.05) is 22.8 Å². The summed E-state index contributed by atoms with van der Waals surface area (Å²) in [6.07, 6.45) is -0.0158. The van der Waals surface area contributed by atoms with E-state index < -0.39 is 6.04 Å². The molecular formula is C23H25ClN8O2. The van der Waals surface area contributed by atoms with Gasteiger partial charge in [0.25, 0.3) is 5.78 Å². The molecule has 10 nitrogen and oxygen atoms in total. The van der Waals surface area contributed by atoms with Crippen LogP contribution in [-0.4, -0.2) is 41.2 Å². The number of benzene rings is 1. The van der Waals surface area contributed by atoms with Gasteiger partial charge in [0.05, 0.1) is 22.8 Å². The van der Waals surface area contributed by atoms with Crippen molar-refractivity contribution in [2.24, 2.45) is 0 Å². The number of rotatable bonds is 6. The molecule has 0 aliphatic heterocycles. The topological polar surface area (TPSA) is 119 Å². The van der Waals surface area contributed by atoms with E-state index in [9.17, 15) is 9.59 Å². The molecular weight excluding hydrogens is 456 g/mol. The highest BCUT2D eigenvalue weighted by atomic mass is 35.5. The van der Waals surface area contributed by atoms with Crippen LogP contribution in [0.1, 0.15) is 41.6 Å². The Labute approximate surface area is 201 Å². The molecule has 1 aromatic carbocycles. The molecule has 0 saturated heterocycles. The average molecular weight is 481 g/mol. The second-order valence-corrected chi connectivity index (χ2v) is 8.64. The second kappa shape index (κ2) is 9.22. The molecule has 3 heterocycles. The predicted octanol–water partition coefficient (Wildman–Crippen LogP) is 3.59. The first-order valence-corrected chi connectivity index (χ1v) is 11.1. The monoisotopic (exact) mass is 480 g/mol. The number of hydrogen-bond acceptors (Lipinski definition) is 6. The van der Waals surface area contributed by atoms with Gasteiger partial charge in [-0.15, -0.1) is 5.10 Å². The van der Waals surface area contributed by atoms with Gasteiger partial charge in [0.1, 0.15) is 6.04 Å². The van der Waals surface area contributed by atoms with E-state index in [0.717, 1.165) is 22.8 Å². The van der Waals surface area contributed by atoms with E-state index in [1.165, 1.54) is 0 Å². The van der Waals surface area contributed by atoms with Crippen LogP contribution in [0.3, 0.4) is 0 Å². The number of halogens is 1. The van der Waals surface area contributed by atoms with Gasteiger partial charge in [-0.25, -0.2) is 9.50 Å². The summed E-state index contributed by atoms with van der Waals surface area (Å²) in [5.74, 6) is 0.281. The molecule has 0 aliphatic rings. The minimum absolute atomic E-state index is 0.0158. The van der Waals surface area contributed by atoms with Crippen molar-refractivity contribution in [1.82, 2.24) is 29.4 Å². The lowest BCUT2D eigenvalue weighted by Gasteiger charge is -2.15. The van der Waals surface area contributed by atoms with Gasteiger partial charge < -0.3 is 10.6 Å². The molecule has 1 atom stereocenters. The van der Waals surface area contributed by atoms with E-state index in [1.54, 1.807) is 34.3 Å². The van der Waals surface area contributed by atoms with Crippen LogP contribution in [0.5, 0.6) is 0 Å². The third-order valence-electron chi connectivity index (χ3n) is 5.28. The lowest BCUT2D eigenvalue weighted by atomic mass is 10.2. The third kappa shape index (κ3) is 4.91. The molecule has 2 amide bonds. The zero-order chi connectivity index (χ0) is 24.6. The Kier molecular flexibility index (Phi) is 6.34. The second-order valence-electron chi connectivity index (χ2n) is 8.24. The van der Waals surface area contributed by atoms with Crippen molar-refractivity contribution in [3.8, 4) is 0 Å². The molecule has 11 heteroatoms. The van der Waals surface area contributed by atoms with E-state index in [1.807, 2.05) is 39.8 Å². The number of carbonyl (C=O) groups excluding carboxylic acids is 2. The quantitative estimate of drug-likeness (QED) is 0.435. The average Bonchev–Trinajstić information content (AvgIpc) is 3.31. The Bertz CT molecular complexity index is 1410. The van der Waals surface area contributed by atoms with Gasteiger partial charge in [-0.1, -0.05) is 11.6 Å². The van der Waals surface area contributed by atoms with Crippen molar-refractivity contribution in [3.63, 3.8) is 0 Å². The maximum absolute atomic E-state index is 12.7. The summed E-state index contributed by atoms with van der Waals surface area (Å²) in [6.45, 7) is 9.32. The van der Waals surface area contributed by atoms with Crippen LogP contribution >= 0.6 is 11.6 Å². The number of nitrogens with zero attached hydrogens (tertiary/aromatic N) is 6. The lowest BCUT2D eigenvalue weighted by Crippen LogP contribution is -2.25. The maximum atomic E-state index is 12.7. The number of nitrogens with one attached hydrogen (secondary N) is 2. The molecule has 1 unspecified atom stereocenters. The highest BCUT2D eigenvalue weighted by Crippen LogP contribution is 2.26. The van der Waals surface area contributed by atoms with Crippen molar-refractivity contribution in [3.05, 3.63) is 64.0 Å². The van der Waals surface area contributed by atoms with Crippen LogP contribution in [0.25, 0.3) is 5.78 Å². The fraction of sp³-hybridized carbons (Fsp3) is 0.304. The van der Waals surface area contributed by atoms with Crippen molar-refractivity contribution >= 4 is 40.6 Å². The molecule has 0 radical (unpaired) electrons. The highest BCUT2D eigenvalue weighted by molar-refractivity contribution is 6.34.